The van der Waals surface area contributed by atoms with Gasteiger partial charge in [-0.25, -0.2) is 13.2 Å². The fourth-order valence-corrected chi connectivity index (χ4v) is 5.74. The van der Waals surface area contributed by atoms with E-state index in [1.807, 2.05) is 12.1 Å². The molecule has 5 rings (SSSR count). The third-order valence-electron chi connectivity index (χ3n) is 5.78. The fourth-order valence-electron chi connectivity index (χ4n) is 3.93. The second kappa shape index (κ2) is 7.90. The van der Waals surface area contributed by atoms with E-state index in [0.717, 1.165) is 24.5 Å². The third-order valence-corrected chi connectivity index (χ3v) is 7.76. The smallest absolute Gasteiger partial charge is 0.338 e. The van der Waals surface area contributed by atoms with E-state index in [9.17, 15) is 23.6 Å². The highest BCUT2D eigenvalue weighted by Crippen LogP contribution is 2.45. The molecule has 1 aliphatic carbocycles. The zero-order valence-corrected chi connectivity index (χ0v) is 19.5. The number of fused-ring (bicyclic) bond motifs is 6. The fraction of sp³-hybridized carbons (Fsp3) is 0.167. The molecule has 166 valence electrons. The van der Waals surface area contributed by atoms with Gasteiger partial charge >= 0.3 is 5.97 Å². The van der Waals surface area contributed by atoms with Gasteiger partial charge in [0.05, 0.1) is 27.4 Å². The second-order valence-corrected chi connectivity index (χ2v) is 10.6. The summed E-state index contributed by atoms with van der Waals surface area (Å²) in [4.78, 5) is 12.3. The number of nitriles is 1. The van der Waals surface area contributed by atoms with Crippen LogP contribution in [-0.4, -0.2) is 19.5 Å². The number of nitrogens with one attached hydrogen (secondary N) is 1. The Morgan fingerprint density at radius 1 is 1.09 bits per heavy atom. The number of nitrogens with zero attached hydrogens (tertiary/aromatic N) is 1. The molecule has 3 aromatic carbocycles. The maximum atomic E-state index is 13.3. The molecule has 0 aromatic heterocycles. The van der Waals surface area contributed by atoms with Gasteiger partial charge in [-0.2, -0.15) is 5.26 Å². The number of sulfonamides is 1. The summed E-state index contributed by atoms with van der Waals surface area (Å²) in [5, 5.41) is 19.8. The van der Waals surface area contributed by atoms with Crippen molar-refractivity contribution in [1.29, 1.82) is 5.26 Å². The van der Waals surface area contributed by atoms with Crippen LogP contribution in [0.3, 0.4) is 0 Å². The van der Waals surface area contributed by atoms with Gasteiger partial charge in [0.1, 0.15) is 17.3 Å². The molecule has 1 heterocycles. The van der Waals surface area contributed by atoms with Crippen molar-refractivity contribution in [2.24, 2.45) is 0 Å². The Bertz CT molecular complexity index is 1470. The molecule has 2 N–H and O–H groups in total. The Morgan fingerprint density at radius 2 is 1.88 bits per heavy atom. The van der Waals surface area contributed by atoms with Crippen LogP contribution in [0.2, 0.25) is 0 Å². The number of hydrogen-bond acceptors (Lipinski definition) is 6. The summed E-state index contributed by atoms with van der Waals surface area (Å²) in [6, 6.07) is 15.0. The average Bonchev–Trinajstić information content (AvgIpc) is 3.63. The van der Waals surface area contributed by atoms with Crippen LogP contribution < -0.4 is 4.72 Å². The quantitative estimate of drug-likeness (QED) is 0.430. The van der Waals surface area contributed by atoms with Gasteiger partial charge in [0.2, 0.25) is 0 Å². The number of hydrogen-bond donors (Lipinski definition) is 2. The van der Waals surface area contributed by atoms with E-state index < -0.39 is 26.6 Å². The van der Waals surface area contributed by atoms with Crippen LogP contribution in [-0.2, 0) is 21.4 Å². The van der Waals surface area contributed by atoms with Crippen molar-refractivity contribution in [3.8, 4) is 22.9 Å². The summed E-state index contributed by atoms with van der Waals surface area (Å²) in [6.45, 7) is -0.0758. The highest BCUT2D eigenvalue weighted by Gasteiger charge is 2.30. The summed E-state index contributed by atoms with van der Waals surface area (Å²) in [7, 11) is -4.24. The van der Waals surface area contributed by atoms with Crippen LogP contribution >= 0.6 is 15.9 Å². The number of phenolic OH excluding ortho intramolecular Hbond substituents is 1. The monoisotopic (exact) mass is 524 g/mol. The molecule has 0 unspecified atom stereocenters. The van der Waals surface area contributed by atoms with Crippen LogP contribution in [0.25, 0.3) is 11.1 Å². The van der Waals surface area contributed by atoms with Crippen LogP contribution in [0.15, 0.2) is 57.9 Å². The van der Waals surface area contributed by atoms with Crippen LogP contribution in [0.1, 0.15) is 45.8 Å². The minimum Gasteiger partial charge on any atom is -0.505 e. The Balaban J connectivity index is 1.77. The van der Waals surface area contributed by atoms with Gasteiger partial charge in [0.15, 0.2) is 0 Å². The number of cyclic esters (lactones) is 1. The normalized spacial score (nSPS) is 16.7. The number of carbonyl (C=O) groups excluding carboxylic acids is 1. The summed E-state index contributed by atoms with van der Waals surface area (Å²) in [5.74, 6) is -0.999. The number of esters is 1. The van der Waals surface area contributed by atoms with Gasteiger partial charge in [-0.15, -0.1) is 0 Å². The lowest BCUT2D eigenvalue weighted by molar-refractivity contribution is 0.0473. The van der Waals surface area contributed by atoms with E-state index in [4.69, 9.17) is 4.74 Å². The van der Waals surface area contributed by atoms with E-state index in [-0.39, 0.29) is 22.6 Å². The molecule has 0 radical (unpaired) electrons. The van der Waals surface area contributed by atoms with E-state index >= 15 is 0 Å². The number of rotatable bonds is 1. The first-order chi connectivity index (χ1) is 15.8. The Labute approximate surface area is 198 Å². The molecule has 2 aliphatic rings. The minimum atomic E-state index is -4.24. The number of ether oxygens (including phenoxy) is 1. The van der Waals surface area contributed by atoms with Crippen molar-refractivity contribution in [2.75, 3.05) is 4.72 Å². The van der Waals surface area contributed by atoms with E-state index in [1.54, 1.807) is 24.3 Å². The molecule has 0 saturated heterocycles. The third kappa shape index (κ3) is 3.96. The summed E-state index contributed by atoms with van der Waals surface area (Å²) in [6.07, 6.45) is 1.91. The number of halogens is 1. The highest BCUT2D eigenvalue weighted by atomic mass is 79.9. The number of carbonyl (C=O) groups is 1. The first-order valence-electron chi connectivity index (χ1n) is 10.2. The molecule has 9 heteroatoms. The molecule has 3 aromatic rings. The highest BCUT2D eigenvalue weighted by molar-refractivity contribution is 9.10. The molecule has 1 saturated carbocycles. The maximum Gasteiger partial charge on any atom is 0.338 e. The lowest BCUT2D eigenvalue weighted by atomic mass is 9.95. The van der Waals surface area contributed by atoms with E-state index in [2.05, 4.69) is 26.7 Å². The number of aromatic hydroxyl groups is 1. The molecule has 1 fully saturated rings. The van der Waals surface area contributed by atoms with Crippen LogP contribution in [0.4, 0.5) is 5.69 Å². The molecule has 0 atom stereocenters. The van der Waals surface area contributed by atoms with Gasteiger partial charge in [0, 0.05) is 0 Å². The zero-order chi connectivity index (χ0) is 23.3. The lowest BCUT2D eigenvalue weighted by Gasteiger charge is -2.16. The predicted molar refractivity (Wildman–Crippen MR) is 124 cm³/mol. The van der Waals surface area contributed by atoms with Crippen LogP contribution in [0, 0.1) is 11.3 Å². The molecule has 4 bridgehead atoms. The lowest BCUT2D eigenvalue weighted by Crippen LogP contribution is -2.15. The molecule has 0 spiro atoms. The van der Waals surface area contributed by atoms with Crippen molar-refractivity contribution >= 4 is 37.6 Å². The Hall–Kier alpha value is -3.35. The Morgan fingerprint density at radius 3 is 2.61 bits per heavy atom. The molecular weight excluding hydrogens is 508 g/mol. The maximum absolute atomic E-state index is 13.3. The molecule has 33 heavy (non-hydrogen) atoms. The van der Waals surface area contributed by atoms with Crippen molar-refractivity contribution < 1.29 is 23.1 Å². The van der Waals surface area contributed by atoms with Gasteiger partial charge in [-0.3, -0.25) is 4.72 Å². The van der Waals surface area contributed by atoms with Crippen molar-refractivity contribution in [1.82, 2.24) is 0 Å². The summed E-state index contributed by atoms with van der Waals surface area (Å²) >= 11 is 3.13. The molecule has 7 nitrogen and oxygen atoms in total. The van der Waals surface area contributed by atoms with Gasteiger partial charge in [-0.05, 0) is 87.3 Å². The first-order valence-corrected chi connectivity index (χ1v) is 12.4. The van der Waals surface area contributed by atoms with Gasteiger partial charge < -0.3 is 9.84 Å². The summed E-state index contributed by atoms with van der Waals surface area (Å²) < 4.78 is 34.7. The molecular formula is C24H17BrN2O5S. The van der Waals surface area contributed by atoms with Crippen molar-refractivity contribution in [2.45, 2.75) is 30.3 Å². The summed E-state index contributed by atoms with van der Waals surface area (Å²) in [5.41, 5.74) is 3.68. The minimum absolute atomic E-state index is 0.0244. The van der Waals surface area contributed by atoms with E-state index in [1.165, 1.54) is 6.07 Å². The number of phenols is 1. The molecule has 0 amide bonds. The predicted octanol–water partition coefficient (Wildman–Crippen LogP) is 5.04. The zero-order valence-electron chi connectivity index (χ0n) is 17.1. The first kappa shape index (κ1) is 21.5. The largest absolute Gasteiger partial charge is 0.505 e. The standard InChI is InChI=1S/C24H17BrN2O5S/c25-20-8-17-10-22(23(20)28)33(30,31)27-21-9-15(5-6-18(21)14-3-4-14)19-7-13(11-26)1-2-16(19)12-32-24(17)29/h1-2,5-10,14,27-28H,3-4,12H2. The van der Waals surface area contributed by atoms with Gasteiger partial charge in [-0.1, -0.05) is 18.2 Å². The second-order valence-electron chi connectivity index (χ2n) is 8.05. The van der Waals surface area contributed by atoms with Gasteiger partial charge in [0.25, 0.3) is 10.0 Å². The number of benzene rings is 3. The average molecular weight is 525 g/mol. The Kier molecular flexibility index (Phi) is 5.15. The van der Waals surface area contributed by atoms with Crippen LogP contribution in [0.5, 0.6) is 5.75 Å². The molecule has 1 aliphatic heterocycles. The van der Waals surface area contributed by atoms with E-state index in [0.29, 0.717) is 27.9 Å². The van der Waals surface area contributed by atoms with Crippen molar-refractivity contribution in [3.63, 3.8) is 0 Å². The number of anilines is 1. The van der Waals surface area contributed by atoms with Crippen molar-refractivity contribution in [3.05, 3.63) is 75.3 Å². The topological polar surface area (TPSA) is 116 Å². The SMILES string of the molecule is N#Cc1ccc2c(c1)-c1ccc(C3CC3)c(c1)NS(=O)(=O)c1cc(cc(Br)c1O)C(=O)OC2.